The quantitative estimate of drug-likeness (QED) is 0.331. The molecule has 7 nitrogen and oxygen atoms in total. The van der Waals surface area contributed by atoms with Crippen LogP contribution in [-0.4, -0.2) is 39.3 Å². The Labute approximate surface area is 200 Å². The summed E-state index contributed by atoms with van der Waals surface area (Å²) in [4.78, 5) is 25.1. The van der Waals surface area contributed by atoms with Gasteiger partial charge in [-0.2, -0.15) is 0 Å². The number of methoxy groups -OCH3 is 1. The minimum absolute atomic E-state index is 0.0224. The predicted molar refractivity (Wildman–Crippen MR) is 126 cm³/mol. The zero-order chi connectivity index (χ0) is 23.3. The summed E-state index contributed by atoms with van der Waals surface area (Å²) in [6.07, 6.45) is 0. The third-order valence-electron chi connectivity index (χ3n) is 4.72. The van der Waals surface area contributed by atoms with Crippen LogP contribution in [0.3, 0.4) is 0 Å². The van der Waals surface area contributed by atoms with E-state index in [4.69, 9.17) is 27.9 Å². The summed E-state index contributed by atoms with van der Waals surface area (Å²) in [6.45, 7) is 4.37. The normalized spacial score (nSPS) is 11.8. The average Bonchev–Trinajstić information content (AvgIpc) is 3.22. The number of nitrogens with one attached hydrogen (secondary N) is 1. The maximum absolute atomic E-state index is 12.6. The fraction of sp³-hybridized carbons (Fsp3) is 0.273. The SMILES string of the molecule is CCn1c(SCC(=O)c2ccc(OC)cc2)nnc1C(C)NC(=O)c1ccc(Cl)c(Cl)c1. The number of carbonyl (C=O) groups excluding carboxylic acids is 2. The Morgan fingerprint density at radius 1 is 1.09 bits per heavy atom. The first kappa shape index (κ1) is 24.1. The van der Waals surface area contributed by atoms with E-state index in [1.54, 1.807) is 43.5 Å². The highest BCUT2D eigenvalue weighted by Crippen LogP contribution is 2.24. The van der Waals surface area contributed by atoms with Crippen LogP contribution in [0.15, 0.2) is 47.6 Å². The third-order valence-corrected chi connectivity index (χ3v) is 6.43. The number of thioether (sulfide) groups is 1. The van der Waals surface area contributed by atoms with Gasteiger partial charge in [-0.15, -0.1) is 10.2 Å². The number of halogens is 2. The summed E-state index contributed by atoms with van der Waals surface area (Å²) in [5.74, 6) is 1.19. The van der Waals surface area contributed by atoms with Crippen molar-refractivity contribution in [2.75, 3.05) is 12.9 Å². The zero-order valence-corrected chi connectivity index (χ0v) is 20.1. The van der Waals surface area contributed by atoms with Crippen LogP contribution in [0.5, 0.6) is 5.75 Å². The van der Waals surface area contributed by atoms with E-state index in [9.17, 15) is 9.59 Å². The van der Waals surface area contributed by atoms with Crippen molar-refractivity contribution in [2.24, 2.45) is 0 Å². The molecule has 0 saturated heterocycles. The van der Waals surface area contributed by atoms with Crippen molar-refractivity contribution in [3.63, 3.8) is 0 Å². The van der Waals surface area contributed by atoms with Crippen LogP contribution in [0.1, 0.15) is 46.4 Å². The van der Waals surface area contributed by atoms with Gasteiger partial charge < -0.3 is 14.6 Å². The molecule has 0 bridgehead atoms. The molecule has 0 fully saturated rings. The smallest absolute Gasteiger partial charge is 0.251 e. The first-order valence-corrected chi connectivity index (χ1v) is 11.6. The van der Waals surface area contributed by atoms with Crippen LogP contribution < -0.4 is 10.1 Å². The highest BCUT2D eigenvalue weighted by Gasteiger charge is 2.20. The molecule has 3 aromatic rings. The summed E-state index contributed by atoms with van der Waals surface area (Å²) in [5, 5.41) is 12.7. The molecule has 2 aromatic carbocycles. The van der Waals surface area contributed by atoms with Crippen molar-refractivity contribution < 1.29 is 14.3 Å². The Hall–Kier alpha value is -2.55. The van der Waals surface area contributed by atoms with Crippen molar-refractivity contribution in [1.82, 2.24) is 20.1 Å². The molecule has 0 aliphatic carbocycles. The first-order chi connectivity index (χ1) is 15.3. The first-order valence-electron chi connectivity index (χ1n) is 9.83. The summed E-state index contributed by atoms with van der Waals surface area (Å²) in [6, 6.07) is 11.3. The number of amides is 1. The van der Waals surface area contributed by atoms with Gasteiger partial charge in [0.05, 0.1) is 28.9 Å². The van der Waals surface area contributed by atoms with E-state index < -0.39 is 6.04 Å². The van der Waals surface area contributed by atoms with Gasteiger partial charge in [-0.25, -0.2) is 0 Å². The summed E-state index contributed by atoms with van der Waals surface area (Å²) in [5.41, 5.74) is 0.997. The molecule has 1 amide bonds. The minimum atomic E-state index is -0.406. The van der Waals surface area contributed by atoms with Crippen molar-refractivity contribution in [1.29, 1.82) is 0 Å². The number of ketones is 1. The lowest BCUT2D eigenvalue weighted by Gasteiger charge is -2.15. The standard InChI is InChI=1S/C22H22Cl2N4O3S/c1-4-28-20(13(2)25-21(30)15-7-10-17(23)18(24)11-15)26-27-22(28)32-12-19(29)14-5-8-16(31-3)9-6-14/h5-11,13H,4,12H2,1-3H3,(H,25,30). The Balaban J connectivity index is 1.67. The van der Waals surface area contributed by atoms with Crippen molar-refractivity contribution in [3.05, 3.63) is 69.5 Å². The monoisotopic (exact) mass is 492 g/mol. The number of ether oxygens (including phenoxy) is 1. The van der Waals surface area contributed by atoms with Gasteiger partial charge in [-0.05, 0) is 56.3 Å². The van der Waals surface area contributed by atoms with Crippen LogP contribution >= 0.6 is 35.0 Å². The van der Waals surface area contributed by atoms with Crippen molar-refractivity contribution in [2.45, 2.75) is 31.6 Å². The van der Waals surface area contributed by atoms with E-state index in [-0.39, 0.29) is 17.4 Å². The molecule has 1 N–H and O–H groups in total. The molecule has 0 radical (unpaired) electrons. The molecule has 1 heterocycles. The Morgan fingerprint density at radius 2 is 1.78 bits per heavy atom. The molecule has 1 aromatic heterocycles. The fourth-order valence-electron chi connectivity index (χ4n) is 3.00. The molecule has 10 heteroatoms. The molecule has 32 heavy (non-hydrogen) atoms. The Bertz CT molecular complexity index is 1120. The fourth-order valence-corrected chi connectivity index (χ4v) is 4.20. The average molecular weight is 493 g/mol. The number of benzene rings is 2. The molecule has 1 unspecified atom stereocenters. The van der Waals surface area contributed by atoms with Gasteiger partial charge in [0, 0.05) is 17.7 Å². The molecule has 168 valence electrons. The van der Waals surface area contributed by atoms with Gasteiger partial charge in [-0.3, -0.25) is 9.59 Å². The van der Waals surface area contributed by atoms with Crippen LogP contribution in [-0.2, 0) is 6.54 Å². The summed E-state index contributed by atoms with van der Waals surface area (Å²) >= 11 is 13.2. The molecule has 0 saturated carbocycles. The molecule has 0 aliphatic heterocycles. The van der Waals surface area contributed by atoms with Crippen molar-refractivity contribution >= 4 is 46.7 Å². The maximum atomic E-state index is 12.6. The van der Waals surface area contributed by atoms with Crippen molar-refractivity contribution in [3.8, 4) is 5.75 Å². The number of hydrogen-bond acceptors (Lipinski definition) is 6. The van der Waals surface area contributed by atoms with Crippen LogP contribution in [0.4, 0.5) is 0 Å². The lowest BCUT2D eigenvalue weighted by atomic mass is 10.1. The summed E-state index contributed by atoms with van der Waals surface area (Å²) in [7, 11) is 1.58. The van der Waals surface area contributed by atoms with E-state index in [0.717, 1.165) is 0 Å². The van der Waals surface area contributed by atoms with Gasteiger partial charge in [0.2, 0.25) is 0 Å². The number of carbonyl (C=O) groups is 2. The largest absolute Gasteiger partial charge is 0.497 e. The molecular weight excluding hydrogens is 471 g/mol. The number of hydrogen-bond donors (Lipinski definition) is 1. The maximum Gasteiger partial charge on any atom is 0.251 e. The highest BCUT2D eigenvalue weighted by atomic mass is 35.5. The minimum Gasteiger partial charge on any atom is -0.497 e. The molecule has 3 rings (SSSR count). The van der Waals surface area contributed by atoms with E-state index in [1.807, 2.05) is 18.4 Å². The van der Waals surface area contributed by atoms with E-state index in [0.29, 0.717) is 44.4 Å². The second-order valence-electron chi connectivity index (χ2n) is 6.85. The summed E-state index contributed by atoms with van der Waals surface area (Å²) < 4.78 is 7.00. The molecule has 0 aliphatic rings. The molecule has 1 atom stereocenters. The number of rotatable bonds is 9. The number of nitrogens with zero attached hydrogens (tertiary/aromatic N) is 3. The highest BCUT2D eigenvalue weighted by molar-refractivity contribution is 7.99. The van der Waals surface area contributed by atoms with Crippen LogP contribution in [0.25, 0.3) is 0 Å². The third kappa shape index (κ3) is 5.62. The van der Waals surface area contributed by atoms with E-state index >= 15 is 0 Å². The van der Waals surface area contributed by atoms with Crippen LogP contribution in [0, 0.1) is 0 Å². The molecule has 0 spiro atoms. The van der Waals surface area contributed by atoms with Gasteiger partial charge in [0.1, 0.15) is 5.75 Å². The second-order valence-corrected chi connectivity index (χ2v) is 8.61. The predicted octanol–water partition coefficient (Wildman–Crippen LogP) is 5.08. The van der Waals surface area contributed by atoms with Gasteiger partial charge in [0.15, 0.2) is 16.8 Å². The number of Topliss-reactive ketones (excluding diaryl/α,β-unsaturated/α-hetero) is 1. The second kappa shape index (κ2) is 10.8. The van der Waals surface area contributed by atoms with Crippen LogP contribution in [0.2, 0.25) is 10.0 Å². The Morgan fingerprint density at radius 3 is 2.41 bits per heavy atom. The van der Waals surface area contributed by atoms with E-state index in [2.05, 4.69) is 15.5 Å². The lowest BCUT2D eigenvalue weighted by Crippen LogP contribution is -2.28. The zero-order valence-electron chi connectivity index (χ0n) is 17.8. The lowest BCUT2D eigenvalue weighted by molar-refractivity contribution is 0.0936. The van der Waals surface area contributed by atoms with Gasteiger partial charge >= 0.3 is 0 Å². The van der Waals surface area contributed by atoms with Gasteiger partial charge in [-0.1, -0.05) is 35.0 Å². The molecular formula is C22H22Cl2N4O3S. The topological polar surface area (TPSA) is 86.1 Å². The van der Waals surface area contributed by atoms with E-state index in [1.165, 1.54) is 17.8 Å². The van der Waals surface area contributed by atoms with Gasteiger partial charge in [0.25, 0.3) is 5.91 Å². The Kier molecular flexibility index (Phi) is 8.17. The number of aromatic nitrogens is 3.